The highest BCUT2D eigenvalue weighted by atomic mass is 32.1. The van der Waals surface area contributed by atoms with Gasteiger partial charge < -0.3 is 10.2 Å². The molecule has 3 rings (SSSR count). The third-order valence-electron chi connectivity index (χ3n) is 3.17. The molecule has 1 aromatic carbocycles. The summed E-state index contributed by atoms with van der Waals surface area (Å²) in [5.41, 5.74) is 7.72. The van der Waals surface area contributed by atoms with Crippen LogP contribution in [0.15, 0.2) is 27.4 Å². The molecule has 1 saturated carbocycles. The van der Waals surface area contributed by atoms with E-state index in [2.05, 4.69) is 0 Å². The SMILES string of the molecule is NCC1(c2cccc3sc(=O)oc23)CC1. The van der Waals surface area contributed by atoms with Crippen molar-refractivity contribution >= 4 is 21.6 Å². The van der Waals surface area contributed by atoms with Gasteiger partial charge in [0.25, 0.3) is 0 Å². The summed E-state index contributed by atoms with van der Waals surface area (Å²) in [6.07, 6.45) is 2.20. The van der Waals surface area contributed by atoms with Crippen molar-refractivity contribution in [1.82, 2.24) is 0 Å². The van der Waals surface area contributed by atoms with Crippen LogP contribution in [-0.4, -0.2) is 6.54 Å². The van der Waals surface area contributed by atoms with Crippen LogP contribution in [0.5, 0.6) is 0 Å². The molecule has 15 heavy (non-hydrogen) atoms. The zero-order valence-electron chi connectivity index (χ0n) is 8.16. The van der Waals surface area contributed by atoms with Gasteiger partial charge in [-0.2, -0.15) is 0 Å². The van der Waals surface area contributed by atoms with E-state index in [0.717, 1.165) is 40.0 Å². The Kier molecular flexibility index (Phi) is 1.78. The van der Waals surface area contributed by atoms with Gasteiger partial charge in [0.15, 0.2) is 5.58 Å². The molecule has 0 radical (unpaired) electrons. The van der Waals surface area contributed by atoms with E-state index >= 15 is 0 Å². The lowest BCUT2D eigenvalue weighted by Gasteiger charge is -2.12. The van der Waals surface area contributed by atoms with Gasteiger partial charge in [0.05, 0.1) is 4.70 Å². The third kappa shape index (κ3) is 1.25. The van der Waals surface area contributed by atoms with Crippen molar-refractivity contribution in [2.24, 2.45) is 5.73 Å². The molecule has 4 heteroatoms. The Morgan fingerprint density at radius 2 is 2.27 bits per heavy atom. The molecule has 3 nitrogen and oxygen atoms in total. The second-order valence-corrected chi connectivity index (χ2v) is 5.05. The summed E-state index contributed by atoms with van der Waals surface area (Å²) < 4.78 is 6.16. The molecular formula is C11H11NO2S. The number of hydrogen-bond donors (Lipinski definition) is 1. The summed E-state index contributed by atoms with van der Waals surface area (Å²) in [7, 11) is 0. The third-order valence-corrected chi connectivity index (χ3v) is 3.96. The maximum atomic E-state index is 11.2. The molecule has 1 heterocycles. The van der Waals surface area contributed by atoms with Crippen molar-refractivity contribution < 1.29 is 4.42 Å². The topological polar surface area (TPSA) is 56.2 Å². The molecule has 0 saturated heterocycles. The van der Waals surface area contributed by atoms with Crippen molar-refractivity contribution in [3.05, 3.63) is 33.5 Å². The number of hydrogen-bond acceptors (Lipinski definition) is 4. The van der Waals surface area contributed by atoms with Gasteiger partial charge in [-0.05, 0) is 18.9 Å². The fourth-order valence-electron chi connectivity index (χ4n) is 2.05. The Morgan fingerprint density at radius 1 is 1.47 bits per heavy atom. The molecule has 2 aromatic rings. The zero-order valence-corrected chi connectivity index (χ0v) is 8.97. The molecule has 1 aliphatic rings. The summed E-state index contributed by atoms with van der Waals surface area (Å²) in [6, 6.07) is 5.91. The minimum atomic E-state index is -0.231. The van der Waals surface area contributed by atoms with Crippen LogP contribution in [0, 0.1) is 0 Å². The monoisotopic (exact) mass is 221 g/mol. The molecule has 1 fully saturated rings. The normalized spacial score (nSPS) is 18.2. The number of nitrogens with two attached hydrogens (primary N) is 1. The van der Waals surface area contributed by atoms with E-state index in [1.54, 1.807) is 0 Å². The quantitative estimate of drug-likeness (QED) is 0.842. The summed E-state index contributed by atoms with van der Waals surface area (Å²) in [6.45, 7) is 0.631. The molecule has 1 aromatic heterocycles. The molecule has 0 amide bonds. The Morgan fingerprint density at radius 3 is 2.93 bits per heavy atom. The highest BCUT2D eigenvalue weighted by Gasteiger charge is 2.44. The second kappa shape index (κ2) is 2.93. The van der Waals surface area contributed by atoms with Crippen LogP contribution >= 0.6 is 11.3 Å². The van der Waals surface area contributed by atoms with Crippen molar-refractivity contribution in [3.8, 4) is 0 Å². The fourth-order valence-corrected chi connectivity index (χ4v) is 2.74. The smallest absolute Gasteiger partial charge is 0.396 e. The molecule has 0 unspecified atom stereocenters. The Labute approximate surface area is 90.5 Å². The first-order valence-electron chi connectivity index (χ1n) is 4.98. The molecule has 2 N–H and O–H groups in total. The second-order valence-electron chi connectivity index (χ2n) is 4.07. The van der Waals surface area contributed by atoms with Gasteiger partial charge in [-0.3, -0.25) is 0 Å². The first-order valence-corrected chi connectivity index (χ1v) is 5.80. The fraction of sp³-hybridized carbons (Fsp3) is 0.364. The van der Waals surface area contributed by atoms with Gasteiger partial charge in [-0.25, -0.2) is 4.79 Å². The lowest BCUT2D eigenvalue weighted by atomic mass is 9.96. The summed E-state index contributed by atoms with van der Waals surface area (Å²) in [5, 5.41) is 0. The first-order chi connectivity index (χ1) is 7.25. The minimum absolute atomic E-state index is 0.0799. The molecule has 78 valence electrons. The number of para-hydroxylation sites is 1. The highest BCUT2D eigenvalue weighted by Crippen LogP contribution is 2.49. The number of benzene rings is 1. The highest BCUT2D eigenvalue weighted by molar-refractivity contribution is 7.16. The van der Waals surface area contributed by atoms with Crippen molar-refractivity contribution in [1.29, 1.82) is 0 Å². The van der Waals surface area contributed by atoms with Crippen molar-refractivity contribution in [2.45, 2.75) is 18.3 Å². The largest absolute Gasteiger partial charge is 0.414 e. The van der Waals surface area contributed by atoms with Crippen LogP contribution in [0.4, 0.5) is 0 Å². The Hall–Kier alpha value is -1.13. The van der Waals surface area contributed by atoms with E-state index in [0.29, 0.717) is 6.54 Å². The lowest BCUT2D eigenvalue weighted by Crippen LogP contribution is -2.19. The van der Waals surface area contributed by atoms with Gasteiger partial charge >= 0.3 is 4.94 Å². The van der Waals surface area contributed by atoms with E-state index in [-0.39, 0.29) is 10.4 Å². The van der Waals surface area contributed by atoms with Crippen LogP contribution in [0.2, 0.25) is 0 Å². The van der Waals surface area contributed by atoms with Crippen molar-refractivity contribution in [3.63, 3.8) is 0 Å². The maximum Gasteiger partial charge on any atom is 0.396 e. The van der Waals surface area contributed by atoms with E-state index < -0.39 is 0 Å². The van der Waals surface area contributed by atoms with Crippen LogP contribution < -0.4 is 10.7 Å². The van der Waals surface area contributed by atoms with Gasteiger partial charge in [-0.15, -0.1) is 0 Å². The average molecular weight is 221 g/mol. The van der Waals surface area contributed by atoms with Crippen LogP contribution in [-0.2, 0) is 5.41 Å². The number of fused-ring (bicyclic) bond motifs is 1. The summed E-state index contributed by atoms with van der Waals surface area (Å²) in [5.74, 6) is 0. The van der Waals surface area contributed by atoms with Crippen molar-refractivity contribution in [2.75, 3.05) is 6.54 Å². The van der Waals surface area contributed by atoms with Gasteiger partial charge in [0.1, 0.15) is 0 Å². The predicted molar refractivity (Wildman–Crippen MR) is 60.3 cm³/mol. The molecule has 1 aliphatic carbocycles. The van der Waals surface area contributed by atoms with E-state index in [1.807, 2.05) is 18.2 Å². The Bertz CT molecular complexity index is 565. The molecule has 0 aliphatic heterocycles. The maximum absolute atomic E-state index is 11.2. The minimum Gasteiger partial charge on any atom is -0.414 e. The van der Waals surface area contributed by atoms with Gasteiger partial charge in [0.2, 0.25) is 0 Å². The molecule has 0 spiro atoms. The lowest BCUT2D eigenvalue weighted by molar-refractivity contribution is 0.571. The standard InChI is InChI=1S/C11H11NO2S/c12-6-11(4-5-11)7-2-1-3-8-9(7)14-10(13)15-8/h1-3H,4-6,12H2. The predicted octanol–water partition coefficient (Wildman–Crippen LogP) is 1.84. The van der Waals surface area contributed by atoms with E-state index in [4.69, 9.17) is 10.2 Å². The van der Waals surface area contributed by atoms with Crippen LogP contribution in [0.25, 0.3) is 10.3 Å². The zero-order chi connectivity index (χ0) is 10.5. The van der Waals surface area contributed by atoms with Crippen LogP contribution in [0.3, 0.4) is 0 Å². The summed E-state index contributed by atoms with van der Waals surface area (Å²) >= 11 is 1.16. The van der Waals surface area contributed by atoms with E-state index in [9.17, 15) is 4.79 Å². The van der Waals surface area contributed by atoms with Gasteiger partial charge in [-0.1, -0.05) is 23.5 Å². The summed E-state index contributed by atoms with van der Waals surface area (Å²) in [4.78, 5) is 11.0. The van der Waals surface area contributed by atoms with Gasteiger partial charge in [0, 0.05) is 17.5 Å². The first kappa shape index (κ1) is 9.12. The van der Waals surface area contributed by atoms with E-state index in [1.165, 1.54) is 0 Å². The molecular weight excluding hydrogens is 210 g/mol. The molecule has 0 bridgehead atoms. The number of rotatable bonds is 2. The van der Waals surface area contributed by atoms with Crippen LogP contribution in [0.1, 0.15) is 18.4 Å². The average Bonchev–Trinajstić information content (AvgIpc) is 2.93. The molecule has 0 atom stereocenters. The Balaban J connectivity index is 2.30.